The molecule has 1 aromatic rings. The number of aryl methyl sites for hydroxylation is 1. The lowest BCUT2D eigenvalue weighted by molar-refractivity contribution is -0.144. The summed E-state index contributed by atoms with van der Waals surface area (Å²) in [6.07, 6.45) is 1.29. The molecule has 0 bridgehead atoms. The highest BCUT2D eigenvalue weighted by molar-refractivity contribution is 7.90. The maximum atomic E-state index is 11.8. The summed E-state index contributed by atoms with van der Waals surface area (Å²) >= 11 is 0. The average molecular weight is 261 g/mol. The van der Waals surface area contributed by atoms with Crippen LogP contribution >= 0.6 is 0 Å². The van der Waals surface area contributed by atoms with E-state index in [1.807, 2.05) is 0 Å². The van der Waals surface area contributed by atoms with Crippen molar-refractivity contribution in [2.45, 2.75) is 12.7 Å². The molecule has 96 valence electrons. The van der Waals surface area contributed by atoms with E-state index in [-0.39, 0.29) is 11.5 Å². The molecule has 1 unspecified atom stereocenters. The maximum Gasteiger partial charge on any atom is 0.309 e. The summed E-state index contributed by atoms with van der Waals surface area (Å²) in [5, 5.41) is 3.78. The van der Waals surface area contributed by atoms with E-state index in [0.717, 1.165) is 0 Å². The topological polar surface area (TPSA) is 91.2 Å². The zero-order valence-corrected chi connectivity index (χ0v) is 10.8. The Morgan fingerprint density at radius 2 is 2.24 bits per heavy atom. The number of ether oxygens (including phenoxy) is 1. The van der Waals surface area contributed by atoms with Gasteiger partial charge in [0.15, 0.2) is 9.84 Å². The lowest BCUT2D eigenvalue weighted by Crippen LogP contribution is -2.24. The third-order valence-corrected chi connectivity index (χ3v) is 3.97. The van der Waals surface area contributed by atoms with Crippen LogP contribution in [0.4, 0.5) is 0 Å². The second-order valence-corrected chi connectivity index (χ2v) is 5.89. The smallest absolute Gasteiger partial charge is 0.309 e. The molecule has 0 aromatic carbocycles. The number of aromatic nitrogens is 3. The number of nitrogens with zero attached hydrogens (tertiary/aromatic N) is 3. The average Bonchev–Trinajstić information content (AvgIpc) is 2.61. The van der Waals surface area contributed by atoms with E-state index < -0.39 is 21.7 Å². The third kappa shape index (κ3) is 3.81. The van der Waals surface area contributed by atoms with Crippen LogP contribution in [0.15, 0.2) is 6.33 Å². The number of sulfone groups is 1. The first-order valence-corrected chi connectivity index (χ1v) is 6.79. The molecule has 1 aromatic heterocycles. The molecule has 0 saturated heterocycles. The number of rotatable bonds is 5. The Labute approximate surface area is 99.7 Å². The van der Waals surface area contributed by atoms with Crippen molar-refractivity contribution in [2.24, 2.45) is 13.0 Å². The van der Waals surface area contributed by atoms with Crippen molar-refractivity contribution in [1.82, 2.24) is 14.8 Å². The molecule has 0 saturated carbocycles. The van der Waals surface area contributed by atoms with Gasteiger partial charge in [-0.05, 0) is 0 Å². The number of carbonyl (C=O) groups excluding carboxylic acids is 1. The lowest BCUT2D eigenvalue weighted by atomic mass is 10.2. The van der Waals surface area contributed by atoms with Crippen LogP contribution in [0, 0.1) is 5.92 Å². The van der Waals surface area contributed by atoms with Gasteiger partial charge in [-0.15, -0.1) is 0 Å². The minimum atomic E-state index is -3.41. The Hall–Kier alpha value is -1.44. The van der Waals surface area contributed by atoms with Crippen LogP contribution in [0.5, 0.6) is 0 Å². The first-order valence-electron chi connectivity index (χ1n) is 4.97. The minimum Gasteiger partial charge on any atom is -0.469 e. The SMILES string of the molecule is COC(=O)C(C)CS(=O)(=O)Cc1ncnn1C. The van der Waals surface area contributed by atoms with Gasteiger partial charge in [0.05, 0.1) is 18.8 Å². The Bertz CT molecular complexity index is 494. The van der Waals surface area contributed by atoms with Crippen molar-refractivity contribution >= 4 is 15.8 Å². The van der Waals surface area contributed by atoms with Gasteiger partial charge in [-0.2, -0.15) is 5.10 Å². The molecule has 0 spiro atoms. The molecule has 8 heteroatoms. The van der Waals surface area contributed by atoms with E-state index in [4.69, 9.17) is 0 Å². The van der Waals surface area contributed by atoms with Crippen molar-refractivity contribution in [3.8, 4) is 0 Å². The zero-order valence-electron chi connectivity index (χ0n) is 9.95. The summed E-state index contributed by atoms with van der Waals surface area (Å²) in [4.78, 5) is 15.0. The highest BCUT2D eigenvalue weighted by atomic mass is 32.2. The zero-order chi connectivity index (χ0) is 13.1. The largest absolute Gasteiger partial charge is 0.469 e. The van der Waals surface area contributed by atoms with Gasteiger partial charge in [-0.1, -0.05) is 6.92 Å². The predicted octanol–water partition coefficient (Wildman–Crippen LogP) is -0.461. The van der Waals surface area contributed by atoms with Crippen LogP contribution in [0.1, 0.15) is 12.7 Å². The van der Waals surface area contributed by atoms with Crippen LogP contribution in [-0.4, -0.2) is 42.0 Å². The molecule has 17 heavy (non-hydrogen) atoms. The number of carbonyl (C=O) groups is 1. The fourth-order valence-corrected chi connectivity index (χ4v) is 3.03. The first-order chi connectivity index (χ1) is 7.85. The van der Waals surface area contributed by atoms with E-state index in [1.54, 1.807) is 7.05 Å². The number of esters is 1. The van der Waals surface area contributed by atoms with Gasteiger partial charge < -0.3 is 4.74 Å². The van der Waals surface area contributed by atoms with Crippen LogP contribution < -0.4 is 0 Å². The third-order valence-electron chi connectivity index (χ3n) is 2.26. The second-order valence-electron chi connectivity index (χ2n) is 3.78. The monoisotopic (exact) mass is 261 g/mol. The highest BCUT2D eigenvalue weighted by Gasteiger charge is 2.23. The normalized spacial score (nSPS) is 13.4. The van der Waals surface area contributed by atoms with Crippen LogP contribution in [-0.2, 0) is 32.2 Å². The van der Waals surface area contributed by atoms with Gasteiger partial charge in [-0.25, -0.2) is 13.4 Å². The Morgan fingerprint density at radius 1 is 1.59 bits per heavy atom. The van der Waals surface area contributed by atoms with E-state index in [9.17, 15) is 13.2 Å². The molecule has 0 aliphatic rings. The first kappa shape index (κ1) is 13.6. The molecular formula is C9H15N3O4S. The summed E-state index contributed by atoms with van der Waals surface area (Å²) in [6.45, 7) is 1.51. The Morgan fingerprint density at radius 3 is 2.71 bits per heavy atom. The number of hydrogen-bond donors (Lipinski definition) is 0. The van der Waals surface area contributed by atoms with Gasteiger partial charge >= 0.3 is 5.97 Å². The van der Waals surface area contributed by atoms with E-state index in [2.05, 4.69) is 14.8 Å². The van der Waals surface area contributed by atoms with Gasteiger partial charge in [0.2, 0.25) is 0 Å². The molecule has 0 aliphatic carbocycles. The molecule has 0 amide bonds. The van der Waals surface area contributed by atoms with Gasteiger partial charge in [0.25, 0.3) is 0 Å². The van der Waals surface area contributed by atoms with Crippen molar-refractivity contribution in [3.05, 3.63) is 12.2 Å². The lowest BCUT2D eigenvalue weighted by Gasteiger charge is -2.09. The summed E-state index contributed by atoms with van der Waals surface area (Å²) in [7, 11) is -0.563. The molecular weight excluding hydrogens is 246 g/mol. The summed E-state index contributed by atoms with van der Waals surface area (Å²) < 4.78 is 29.5. The van der Waals surface area contributed by atoms with E-state index in [1.165, 1.54) is 25.0 Å². The molecule has 0 aliphatic heterocycles. The molecule has 0 N–H and O–H groups in total. The maximum absolute atomic E-state index is 11.8. The van der Waals surface area contributed by atoms with Crippen LogP contribution in [0.3, 0.4) is 0 Å². The minimum absolute atomic E-state index is 0.231. The van der Waals surface area contributed by atoms with Crippen LogP contribution in [0.25, 0.3) is 0 Å². The van der Waals surface area contributed by atoms with Crippen molar-refractivity contribution in [1.29, 1.82) is 0 Å². The Kier molecular flexibility index (Phi) is 4.22. The van der Waals surface area contributed by atoms with Gasteiger partial charge in [0, 0.05) is 7.05 Å². The highest BCUT2D eigenvalue weighted by Crippen LogP contribution is 2.08. The van der Waals surface area contributed by atoms with Crippen LogP contribution in [0.2, 0.25) is 0 Å². The number of methoxy groups -OCH3 is 1. The standard InChI is InChI=1S/C9H15N3O4S/c1-7(9(13)16-3)4-17(14,15)5-8-10-6-11-12(8)2/h6-7H,4-5H2,1-3H3. The summed E-state index contributed by atoms with van der Waals surface area (Å²) in [5.41, 5.74) is 0. The Balaban J connectivity index is 2.70. The fourth-order valence-electron chi connectivity index (χ4n) is 1.36. The molecule has 1 heterocycles. The van der Waals surface area contributed by atoms with Crippen molar-refractivity contribution in [2.75, 3.05) is 12.9 Å². The second kappa shape index (κ2) is 5.26. The molecule has 0 fully saturated rings. The van der Waals surface area contributed by atoms with E-state index in [0.29, 0.717) is 5.82 Å². The molecule has 7 nitrogen and oxygen atoms in total. The molecule has 1 rings (SSSR count). The summed E-state index contributed by atoms with van der Waals surface area (Å²) in [6, 6.07) is 0. The van der Waals surface area contributed by atoms with Crippen molar-refractivity contribution in [3.63, 3.8) is 0 Å². The van der Waals surface area contributed by atoms with E-state index >= 15 is 0 Å². The number of hydrogen-bond acceptors (Lipinski definition) is 6. The quantitative estimate of drug-likeness (QED) is 0.666. The summed E-state index contributed by atoms with van der Waals surface area (Å²) in [5.74, 6) is -1.36. The predicted molar refractivity (Wildman–Crippen MR) is 59.7 cm³/mol. The molecule has 0 radical (unpaired) electrons. The molecule has 1 atom stereocenters. The van der Waals surface area contributed by atoms with Gasteiger partial charge in [0.1, 0.15) is 17.9 Å². The van der Waals surface area contributed by atoms with Crippen molar-refractivity contribution < 1.29 is 17.9 Å². The fraction of sp³-hybridized carbons (Fsp3) is 0.667. The van der Waals surface area contributed by atoms with Gasteiger partial charge in [-0.3, -0.25) is 9.48 Å².